The van der Waals surface area contributed by atoms with Gasteiger partial charge in [-0.1, -0.05) is 23.9 Å². The number of fused-ring (bicyclic) bond motifs is 2. The molecule has 3 aromatic rings. The van der Waals surface area contributed by atoms with Crippen LogP contribution >= 0.6 is 11.8 Å². The summed E-state index contributed by atoms with van der Waals surface area (Å²) in [4.78, 5) is 32.9. The fourth-order valence-corrected chi connectivity index (χ4v) is 5.25. The maximum absolute atomic E-state index is 13.2. The first-order chi connectivity index (χ1) is 16.5. The van der Waals surface area contributed by atoms with Gasteiger partial charge in [0.15, 0.2) is 16.7 Å². The van der Waals surface area contributed by atoms with Crippen molar-refractivity contribution in [3.63, 3.8) is 0 Å². The van der Waals surface area contributed by atoms with Gasteiger partial charge in [0.1, 0.15) is 0 Å². The Morgan fingerprint density at radius 1 is 1.12 bits per heavy atom. The number of carbonyl (C=O) groups excluding carboxylic acids is 1. The van der Waals surface area contributed by atoms with Gasteiger partial charge in [-0.05, 0) is 48.7 Å². The molecule has 9 heteroatoms. The molecule has 0 aliphatic carbocycles. The molecule has 1 unspecified atom stereocenters. The second-order valence-corrected chi connectivity index (χ2v) is 9.16. The summed E-state index contributed by atoms with van der Waals surface area (Å²) >= 11 is 1.29. The largest absolute Gasteiger partial charge is 0.493 e. The molecule has 2 heterocycles. The quantitative estimate of drug-likeness (QED) is 0.359. The molecule has 1 atom stereocenters. The lowest BCUT2D eigenvalue weighted by molar-refractivity contribution is -0.129. The SMILES string of the molecule is COCC(C)n1c(SCC(=O)N2CCc3cc(OC)c(OC)cc3C2)nc2ccccc2c1=O. The zero-order chi connectivity index (χ0) is 24.2. The Morgan fingerprint density at radius 3 is 2.53 bits per heavy atom. The van der Waals surface area contributed by atoms with E-state index in [1.54, 1.807) is 32.0 Å². The minimum atomic E-state index is -0.212. The van der Waals surface area contributed by atoms with Crippen molar-refractivity contribution < 1.29 is 19.0 Å². The maximum Gasteiger partial charge on any atom is 0.262 e. The Kier molecular flexibility index (Phi) is 7.43. The monoisotopic (exact) mass is 483 g/mol. The average Bonchev–Trinajstić information content (AvgIpc) is 2.86. The number of rotatable bonds is 8. The maximum atomic E-state index is 13.2. The highest BCUT2D eigenvalue weighted by atomic mass is 32.2. The standard InChI is InChI=1S/C25H29N3O5S/c1-16(14-31-2)28-24(30)19-7-5-6-8-20(19)26-25(28)34-15-23(29)27-10-9-17-11-21(32-3)22(33-4)12-18(17)13-27/h5-8,11-12,16H,9-10,13-15H2,1-4H3. The van der Waals surface area contributed by atoms with Gasteiger partial charge in [-0.15, -0.1) is 0 Å². The van der Waals surface area contributed by atoms with Gasteiger partial charge >= 0.3 is 0 Å². The number of hydrogen-bond acceptors (Lipinski definition) is 7. The van der Waals surface area contributed by atoms with Crippen LogP contribution in [0, 0.1) is 0 Å². The second-order valence-electron chi connectivity index (χ2n) is 8.22. The van der Waals surface area contributed by atoms with E-state index in [-0.39, 0.29) is 23.3 Å². The van der Waals surface area contributed by atoms with Gasteiger partial charge in [-0.25, -0.2) is 4.98 Å². The second kappa shape index (κ2) is 10.5. The molecular formula is C25H29N3O5S. The Labute approximate surface area is 202 Å². The summed E-state index contributed by atoms with van der Waals surface area (Å²) in [6.45, 7) is 3.42. The van der Waals surface area contributed by atoms with E-state index in [1.165, 1.54) is 11.8 Å². The molecule has 8 nitrogen and oxygen atoms in total. The van der Waals surface area contributed by atoms with Crippen LogP contribution in [0.3, 0.4) is 0 Å². The molecule has 1 aliphatic heterocycles. The van der Waals surface area contributed by atoms with Crippen molar-refractivity contribution >= 4 is 28.6 Å². The molecule has 0 fully saturated rings. The molecule has 0 bridgehead atoms. The lowest BCUT2D eigenvalue weighted by Gasteiger charge is -2.29. The van der Waals surface area contributed by atoms with Crippen LogP contribution in [0.25, 0.3) is 10.9 Å². The van der Waals surface area contributed by atoms with Crippen molar-refractivity contribution in [3.05, 3.63) is 57.9 Å². The predicted molar refractivity (Wildman–Crippen MR) is 132 cm³/mol. The van der Waals surface area contributed by atoms with E-state index in [1.807, 2.05) is 42.2 Å². The van der Waals surface area contributed by atoms with Gasteiger partial charge in [0.25, 0.3) is 5.56 Å². The van der Waals surface area contributed by atoms with Crippen LogP contribution in [0.2, 0.25) is 0 Å². The van der Waals surface area contributed by atoms with E-state index in [4.69, 9.17) is 19.2 Å². The summed E-state index contributed by atoms with van der Waals surface area (Å²) in [6, 6.07) is 11.0. The molecular weight excluding hydrogens is 454 g/mol. The number of methoxy groups -OCH3 is 3. The van der Waals surface area contributed by atoms with Crippen molar-refractivity contribution in [2.24, 2.45) is 0 Å². The molecule has 0 saturated carbocycles. The fourth-order valence-electron chi connectivity index (χ4n) is 4.25. The summed E-state index contributed by atoms with van der Waals surface area (Å²) in [5.74, 6) is 1.54. The van der Waals surface area contributed by atoms with Crippen LogP contribution < -0.4 is 15.0 Å². The summed E-state index contributed by atoms with van der Waals surface area (Å²) in [5, 5.41) is 1.07. The zero-order valence-corrected chi connectivity index (χ0v) is 20.7. The highest BCUT2D eigenvalue weighted by molar-refractivity contribution is 7.99. The van der Waals surface area contributed by atoms with Gasteiger partial charge < -0.3 is 19.1 Å². The van der Waals surface area contributed by atoms with E-state index in [0.29, 0.717) is 47.3 Å². The zero-order valence-electron chi connectivity index (χ0n) is 19.9. The molecule has 4 rings (SSSR count). The summed E-state index contributed by atoms with van der Waals surface area (Å²) < 4.78 is 17.7. The molecule has 0 spiro atoms. The first kappa shape index (κ1) is 24.1. The Bertz CT molecular complexity index is 1260. The van der Waals surface area contributed by atoms with Gasteiger partial charge in [-0.3, -0.25) is 14.2 Å². The van der Waals surface area contributed by atoms with Crippen molar-refractivity contribution in [1.29, 1.82) is 0 Å². The Morgan fingerprint density at radius 2 is 1.82 bits per heavy atom. The predicted octanol–water partition coefficient (Wildman–Crippen LogP) is 3.30. The molecule has 1 aromatic heterocycles. The van der Waals surface area contributed by atoms with E-state index >= 15 is 0 Å². The number of nitrogens with zero attached hydrogens (tertiary/aromatic N) is 3. The number of carbonyl (C=O) groups is 1. The fraction of sp³-hybridized carbons (Fsp3) is 0.400. The molecule has 1 aliphatic rings. The van der Waals surface area contributed by atoms with Crippen molar-refractivity contribution in [3.8, 4) is 11.5 Å². The number of ether oxygens (including phenoxy) is 3. The van der Waals surface area contributed by atoms with Crippen LogP contribution in [0.1, 0.15) is 24.1 Å². The highest BCUT2D eigenvalue weighted by Crippen LogP contribution is 2.33. The first-order valence-electron chi connectivity index (χ1n) is 11.1. The van der Waals surface area contributed by atoms with E-state index in [2.05, 4.69) is 0 Å². The van der Waals surface area contributed by atoms with Crippen LogP contribution in [-0.2, 0) is 22.5 Å². The van der Waals surface area contributed by atoms with Gasteiger partial charge in [0, 0.05) is 20.2 Å². The van der Waals surface area contributed by atoms with Crippen molar-refractivity contribution in [2.45, 2.75) is 31.1 Å². The van der Waals surface area contributed by atoms with Crippen LogP contribution in [0.4, 0.5) is 0 Å². The number of aromatic nitrogens is 2. The molecule has 1 amide bonds. The lowest BCUT2D eigenvalue weighted by Crippen LogP contribution is -2.37. The van der Waals surface area contributed by atoms with Crippen LogP contribution in [0.15, 0.2) is 46.3 Å². The van der Waals surface area contributed by atoms with Crippen molar-refractivity contribution in [1.82, 2.24) is 14.5 Å². The number of thioether (sulfide) groups is 1. The number of benzene rings is 2. The summed E-state index contributed by atoms with van der Waals surface area (Å²) in [7, 11) is 4.83. The lowest BCUT2D eigenvalue weighted by atomic mass is 9.99. The summed E-state index contributed by atoms with van der Waals surface area (Å²) in [5.41, 5.74) is 2.71. The van der Waals surface area contributed by atoms with Gasteiger partial charge in [0.2, 0.25) is 5.91 Å². The minimum absolute atomic E-state index is 0.00112. The third kappa shape index (κ3) is 4.76. The van der Waals surface area contributed by atoms with Gasteiger partial charge in [0.05, 0.1) is 43.5 Å². The minimum Gasteiger partial charge on any atom is -0.493 e. The topological polar surface area (TPSA) is 82.9 Å². The molecule has 2 aromatic carbocycles. The number of hydrogen-bond donors (Lipinski definition) is 0. The average molecular weight is 484 g/mol. The van der Waals surface area contributed by atoms with Crippen LogP contribution in [0.5, 0.6) is 11.5 Å². The first-order valence-corrected chi connectivity index (χ1v) is 12.1. The molecule has 0 radical (unpaired) electrons. The number of para-hydroxylation sites is 1. The van der Waals surface area contributed by atoms with Gasteiger partial charge in [-0.2, -0.15) is 0 Å². The third-order valence-corrected chi connectivity index (χ3v) is 6.96. The van der Waals surface area contributed by atoms with E-state index in [0.717, 1.165) is 17.5 Å². The smallest absolute Gasteiger partial charge is 0.262 e. The van der Waals surface area contributed by atoms with Crippen molar-refractivity contribution in [2.75, 3.05) is 40.2 Å². The normalized spacial score (nSPS) is 14.1. The van der Waals surface area contributed by atoms with Crippen LogP contribution in [-0.4, -0.2) is 60.6 Å². The molecule has 0 N–H and O–H groups in total. The third-order valence-electron chi connectivity index (χ3n) is 6.02. The Hall–Kier alpha value is -3.04. The summed E-state index contributed by atoms with van der Waals surface area (Å²) in [6.07, 6.45) is 0.746. The van der Waals surface area contributed by atoms with E-state index < -0.39 is 0 Å². The molecule has 34 heavy (non-hydrogen) atoms. The Balaban J connectivity index is 1.55. The molecule has 0 saturated heterocycles. The number of amides is 1. The highest BCUT2D eigenvalue weighted by Gasteiger charge is 2.24. The van der Waals surface area contributed by atoms with E-state index in [9.17, 15) is 9.59 Å². The molecule has 180 valence electrons.